The summed E-state index contributed by atoms with van der Waals surface area (Å²) in [6, 6.07) is 6.71. The molecule has 1 aromatic carbocycles. The van der Waals surface area contributed by atoms with E-state index >= 15 is 0 Å². The number of rotatable bonds is 7. The van der Waals surface area contributed by atoms with Crippen LogP contribution < -0.4 is 15.5 Å². The van der Waals surface area contributed by atoms with Crippen LogP contribution in [0.3, 0.4) is 0 Å². The Morgan fingerprint density at radius 2 is 1.96 bits per heavy atom. The molecule has 25 heavy (non-hydrogen) atoms. The van der Waals surface area contributed by atoms with Crippen molar-refractivity contribution in [3.63, 3.8) is 0 Å². The number of benzene rings is 1. The zero-order chi connectivity index (χ0) is 18.4. The Hall–Kier alpha value is -2.90. The van der Waals surface area contributed by atoms with E-state index in [2.05, 4.69) is 10.6 Å². The summed E-state index contributed by atoms with van der Waals surface area (Å²) in [5.74, 6) is -1.83. The van der Waals surface area contributed by atoms with Gasteiger partial charge >= 0.3 is 5.97 Å². The van der Waals surface area contributed by atoms with Crippen molar-refractivity contribution in [3.05, 3.63) is 24.3 Å². The molecule has 1 unspecified atom stereocenters. The number of carbonyl (C=O) groups excluding carboxylic acids is 3. The van der Waals surface area contributed by atoms with E-state index in [0.29, 0.717) is 17.8 Å². The van der Waals surface area contributed by atoms with Crippen molar-refractivity contribution >= 4 is 35.1 Å². The standard InChI is InChI=1S/C17H21N3O5/c1-11(6-9-17(24)25)18-14(21)7-8-16(23)20-10-15(22)19-12-4-2-3-5-13(12)20/h2-5,11H,6-10H2,1H3,(H,18,21)(H,19,22)(H,24,25). The third kappa shape index (κ3) is 5.30. The average molecular weight is 347 g/mol. The van der Waals surface area contributed by atoms with Crippen LogP contribution in [0.4, 0.5) is 11.4 Å². The van der Waals surface area contributed by atoms with Gasteiger partial charge in [0.1, 0.15) is 6.54 Å². The summed E-state index contributed by atoms with van der Waals surface area (Å²) < 4.78 is 0. The predicted octanol–water partition coefficient (Wildman–Crippen LogP) is 1.12. The van der Waals surface area contributed by atoms with E-state index in [1.54, 1.807) is 31.2 Å². The van der Waals surface area contributed by atoms with Crippen molar-refractivity contribution < 1.29 is 24.3 Å². The van der Waals surface area contributed by atoms with Crippen molar-refractivity contribution in [3.8, 4) is 0 Å². The Morgan fingerprint density at radius 1 is 1.24 bits per heavy atom. The van der Waals surface area contributed by atoms with Crippen LogP contribution in [-0.2, 0) is 19.2 Å². The molecule has 0 fully saturated rings. The fraction of sp³-hybridized carbons (Fsp3) is 0.412. The Labute approximate surface area is 145 Å². The molecule has 0 aliphatic carbocycles. The molecule has 3 N–H and O–H groups in total. The first-order valence-corrected chi connectivity index (χ1v) is 8.07. The van der Waals surface area contributed by atoms with Gasteiger partial charge in [0.25, 0.3) is 0 Å². The van der Waals surface area contributed by atoms with Crippen LogP contribution in [-0.4, -0.2) is 41.4 Å². The number of aliphatic carboxylic acids is 1. The summed E-state index contributed by atoms with van der Waals surface area (Å²) in [5.41, 5.74) is 1.18. The maximum atomic E-state index is 12.4. The molecule has 0 radical (unpaired) electrons. The zero-order valence-corrected chi connectivity index (χ0v) is 13.9. The first-order valence-electron chi connectivity index (χ1n) is 8.07. The molecule has 1 aliphatic heterocycles. The highest BCUT2D eigenvalue weighted by Gasteiger charge is 2.26. The van der Waals surface area contributed by atoms with Gasteiger partial charge in [-0.25, -0.2) is 0 Å². The lowest BCUT2D eigenvalue weighted by Gasteiger charge is -2.29. The molecule has 0 saturated carbocycles. The molecule has 8 nitrogen and oxygen atoms in total. The maximum absolute atomic E-state index is 12.4. The topological polar surface area (TPSA) is 116 Å². The molecule has 3 amide bonds. The second-order valence-electron chi connectivity index (χ2n) is 5.95. The summed E-state index contributed by atoms with van der Waals surface area (Å²) in [5, 5.41) is 14.0. The van der Waals surface area contributed by atoms with Crippen LogP contribution in [0.5, 0.6) is 0 Å². The summed E-state index contributed by atoms with van der Waals surface area (Å²) in [4.78, 5) is 47.9. The van der Waals surface area contributed by atoms with Gasteiger partial charge < -0.3 is 20.6 Å². The number of amides is 3. The number of nitrogens with one attached hydrogen (secondary N) is 2. The van der Waals surface area contributed by atoms with E-state index in [4.69, 9.17) is 5.11 Å². The van der Waals surface area contributed by atoms with Gasteiger partial charge in [-0.3, -0.25) is 19.2 Å². The van der Waals surface area contributed by atoms with Crippen molar-refractivity contribution in [2.45, 2.75) is 38.6 Å². The van der Waals surface area contributed by atoms with Crippen molar-refractivity contribution in [2.24, 2.45) is 0 Å². The summed E-state index contributed by atoms with van der Waals surface area (Å²) in [6.07, 6.45) is 0.254. The van der Waals surface area contributed by atoms with E-state index < -0.39 is 5.97 Å². The van der Waals surface area contributed by atoms with Gasteiger partial charge in [-0.15, -0.1) is 0 Å². The van der Waals surface area contributed by atoms with Crippen LogP contribution in [0.2, 0.25) is 0 Å². The molecule has 134 valence electrons. The molecular weight excluding hydrogens is 326 g/mol. The lowest BCUT2D eigenvalue weighted by atomic mass is 10.1. The predicted molar refractivity (Wildman–Crippen MR) is 91.1 cm³/mol. The molecule has 1 aromatic rings. The normalized spacial score (nSPS) is 14.3. The maximum Gasteiger partial charge on any atom is 0.303 e. The number of nitrogens with zero attached hydrogens (tertiary/aromatic N) is 1. The fourth-order valence-corrected chi connectivity index (χ4v) is 2.57. The van der Waals surface area contributed by atoms with Crippen molar-refractivity contribution in [2.75, 3.05) is 16.8 Å². The first-order chi connectivity index (χ1) is 11.9. The highest BCUT2D eigenvalue weighted by Crippen LogP contribution is 2.29. The number of carbonyl (C=O) groups is 4. The minimum atomic E-state index is -0.918. The fourth-order valence-electron chi connectivity index (χ4n) is 2.57. The molecule has 1 heterocycles. The largest absolute Gasteiger partial charge is 0.481 e. The number of hydrogen-bond donors (Lipinski definition) is 3. The van der Waals surface area contributed by atoms with Crippen LogP contribution in [0.1, 0.15) is 32.6 Å². The monoisotopic (exact) mass is 347 g/mol. The van der Waals surface area contributed by atoms with Gasteiger partial charge in [0.2, 0.25) is 17.7 Å². The average Bonchev–Trinajstić information content (AvgIpc) is 2.57. The number of anilines is 2. The van der Waals surface area contributed by atoms with Gasteiger partial charge in [0.15, 0.2) is 0 Å². The Bertz CT molecular complexity index is 689. The van der Waals surface area contributed by atoms with Crippen LogP contribution in [0.25, 0.3) is 0 Å². The number of para-hydroxylation sites is 2. The van der Waals surface area contributed by atoms with Gasteiger partial charge in [-0.2, -0.15) is 0 Å². The summed E-state index contributed by atoms with van der Waals surface area (Å²) in [6.45, 7) is 1.64. The number of fused-ring (bicyclic) bond motifs is 1. The summed E-state index contributed by atoms with van der Waals surface area (Å²) in [7, 11) is 0. The minimum Gasteiger partial charge on any atom is -0.481 e. The lowest BCUT2D eigenvalue weighted by molar-refractivity contribution is -0.137. The molecule has 1 aliphatic rings. The highest BCUT2D eigenvalue weighted by atomic mass is 16.4. The van der Waals surface area contributed by atoms with Gasteiger partial charge in [-0.1, -0.05) is 12.1 Å². The highest BCUT2D eigenvalue weighted by molar-refractivity contribution is 6.10. The van der Waals surface area contributed by atoms with Gasteiger partial charge in [-0.05, 0) is 25.5 Å². The summed E-state index contributed by atoms with van der Waals surface area (Å²) >= 11 is 0. The van der Waals surface area contributed by atoms with E-state index in [0.717, 1.165) is 0 Å². The minimum absolute atomic E-state index is 0.0173. The van der Waals surface area contributed by atoms with Crippen LogP contribution in [0, 0.1) is 0 Å². The molecular formula is C17H21N3O5. The Balaban J connectivity index is 1.87. The third-order valence-corrected chi connectivity index (χ3v) is 3.84. The van der Waals surface area contributed by atoms with E-state index in [-0.39, 0.29) is 49.6 Å². The second kappa shape index (κ2) is 8.27. The van der Waals surface area contributed by atoms with E-state index in [1.165, 1.54) is 4.90 Å². The SMILES string of the molecule is CC(CCC(=O)O)NC(=O)CCC(=O)N1CC(=O)Nc2ccccc21. The Kier molecular flexibility index (Phi) is 6.10. The van der Waals surface area contributed by atoms with Gasteiger partial charge in [0.05, 0.1) is 11.4 Å². The van der Waals surface area contributed by atoms with Crippen molar-refractivity contribution in [1.82, 2.24) is 5.32 Å². The quantitative estimate of drug-likeness (QED) is 0.683. The van der Waals surface area contributed by atoms with Gasteiger partial charge in [0, 0.05) is 25.3 Å². The number of carboxylic acid groups (broad SMARTS) is 1. The second-order valence-corrected chi connectivity index (χ2v) is 5.95. The van der Waals surface area contributed by atoms with E-state index in [9.17, 15) is 19.2 Å². The Morgan fingerprint density at radius 3 is 2.68 bits per heavy atom. The van der Waals surface area contributed by atoms with Crippen LogP contribution >= 0.6 is 0 Å². The lowest BCUT2D eigenvalue weighted by Crippen LogP contribution is -2.42. The number of hydrogen-bond acceptors (Lipinski definition) is 4. The zero-order valence-electron chi connectivity index (χ0n) is 13.9. The molecule has 1 atom stereocenters. The van der Waals surface area contributed by atoms with E-state index in [1.807, 2.05) is 0 Å². The first kappa shape index (κ1) is 18.4. The molecule has 0 bridgehead atoms. The molecule has 0 saturated heterocycles. The third-order valence-electron chi connectivity index (χ3n) is 3.84. The smallest absolute Gasteiger partial charge is 0.303 e. The molecule has 8 heteroatoms. The molecule has 2 rings (SSSR count). The number of carboxylic acids is 1. The molecule has 0 spiro atoms. The van der Waals surface area contributed by atoms with Crippen molar-refractivity contribution in [1.29, 1.82) is 0 Å². The molecule has 0 aromatic heterocycles. The van der Waals surface area contributed by atoms with Crippen LogP contribution in [0.15, 0.2) is 24.3 Å².